The smallest absolute Gasteiger partial charge is 0.361 e. The van der Waals surface area contributed by atoms with Crippen LogP contribution >= 0.6 is 0 Å². The van der Waals surface area contributed by atoms with Crippen LogP contribution in [0, 0.1) is 0 Å². The number of aromatic amines is 1. The minimum absolute atomic E-state index is 0.0610. The molecule has 1 aromatic carbocycles. The Balaban J connectivity index is 1.24. The van der Waals surface area contributed by atoms with Crippen LogP contribution in [0.4, 0.5) is 13.2 Å². The fourth-order valence-corrected chi connectivity index (χ4v) is 3.59. The lowest BCUT2D eigenvalue weighted by Crippen LogP contribution is -2.25. The molecule has 1 saturated carbocycles. The number of fused-ring (bicyclic) bond motifs is 1. The second kappa shape index (κ2) is 7.93. The van der Waals surface area contributed by atoms with E-state index in [1.54, 1.807) is 0 Å². The number of hydrogen-bond donors (Lipinski definition) is 2. The number of alkyl halides is 3. The molecule has 0 aliphatic heterocycles. The van der Waals surface area contributed by atoms with Crippen LogP contribution in [0.5, 0.6) is 0 Å². The van der Waals surface area contributed by atoms with Crippen LogP contribution in [0.25, 0.3) is 10.9 Å². The number of H-pyrrole nitrogens is 1. The molecule has 1 aliphatic rings. The Morgan fingerprint density at radius 3 is 2.83 bits per heavy atom. The van der Waals surface area contributed by atoms with Gasteiger partial charge in [0, 0.05) is 48.2 Å². The molecule has 5 nitrogen and oxygen atoms in total. The van der Waals surface area contributed by atoms with Gasteiger partial charge in [-0.15, -0.1) is 0 Å². The summed E-state index contributed by atoms with van der Waals surface area (Å²) in [5.41, 5.74) is 1.97. The Labute approximate surface area is 166 Å². The number of aromatic nitrogens is 3. The third kappa shape index (κ3) is 4.63. The number of aryl methyl sites for hydroxylation is 2. The van der Waals surface area contributed by atoms with Crippen molar-refractivity contribution in [3.05, 3.63) is 53.5 Å². The Kier molecular flexibility index (Phi) is 5.34. The molecule has 2 aromatic heterocycles. The maximum absolute atomic E-state index is 12.9. The van der Waals surface area contributed by atoms with E-state index in [1.807, 2.05) is 30.5 Å². The Morgan fingerprint density at radius 1 is 1.28 bits per heavy atom. The summed E-state index contributed by atoms with van der Waals surface area (Å²) in [6.07, 6.45) is 0.863. The molecule has 0 saturated heterocycles. The fourth-order valence-electron chi connectivity index (χ4n) is 3.59. The highest BCUT2D eigenvalue weighted by Gasteiger charge is 2.37. The molecule has 3 aromatic rings. The maximum atomic E-state index is 12.9. The van der Waals surface area contributed by atoms with Crippen LogP contribution in [0.1, 0.15) is 48.6 Å². The van der Waals surface area contributed by atoms with Crippen LogP contribution in [0.3, 0.4) is 0 Å². The number of para-hydroxylation sites is 1. The molecule has 1 aliphatic carbocycles. The van der Waals surface area contributed by atoms with Crippen molar-refractivity contribution < 1.29 is 18.0 Å². The Morgan fingerprint density at radius 2 is 2.07 bits per heavy atom. The molecule has 0 atom stereocenters. The number of rotatable bonds is 8. The molecule has 29 heavy (non-hydrogen) atoms. The van der Waals surface area contributed by atoms with Crippen molar-refractivity contribution in [2.45, 2.75) is 50.7 Å². The van der Waals surface area contributed by atoms with E-state index in [9.17, 15) is 18.0 Å². The van der Waals surface area contributed by atoms with E-state index in [0.29, 0.717) is 38.0 Å². The van der Waals surface area contributed by atoms with Crippen molar-refractivity contribution in [2.24, 2.45) is 0 Å². The molecule has 4 rings (SSSR count). The minimum Gasteiger partial charge on any atom is -0.361 e. The van der Waals surface area contributed by atoms with Crippen LogP contribution in [0.2, 0.25) is 0 Å². The topological polar surface area (TPSA) is 62.7 Å². The molecule has 1 amide bonds. The Hall–Kier alpha value is -2.77. The molecule has 0 bridgehead atoms. The molecule has 0 spiro atoms. The van der Waals surface area contributed by atoms with Crippen molar-refractivity contribution >= 4 is 16.8 Å². The number of halogens is 3. The summed E-state index contributed by atoms with van der Waals surface area (Å²) in [7, 11) is 0. The quantitative estimate of drug-likeness (QED) is 0.547. The molecule has 0 unspecified atom stereocenters. The average Bonchev–Trinajstić information content (AvgIpc) is 3.30. The molecule has 154 valence electrons. The highest BCUT2D eigenvalue weighted by Crippen LogP contribution is 2.42. The second-order valence-electron chi connectivity index (χ2n) is 7.51. The third-order valence-corrected chi connectivity index (χ3v) is 5.26. The predicted molar refractivity (Wildman–Crippen MR) is 103 cm³/mol. The number of hydrogen-bond acceptors (Lipinski definition) is 2. The zero-order valence-electron chi connectivity index (χ0n) is 15.9. The summed E-state index contributed by atoms with van der Waals surface area (Å²) in [4.78, 5) is 15.3. The van der Waals surface area contributed by atoms with Gasteiger partial charge >= 0.3 is 6.18 Å². The molecule has 8 heteroatoms. The van der Waals surface area contributed by atoms with Crippen molar-refractivity contribution in [3.8, 4) is 0 Å². The fraction of sp³-hybridized carbons (Fsp3) is 0.429. The lowest BCUT2D eigenvalue weighted by atomic mass is 10.1. The summed E-state index contributed by atoms with van der Waals surface area (Å²) in [6, 6.07) is 9.11. The van der Waals surface area contributed by atoms with E-state index in [2.05, 4.69) is 15.4 Å². The SMILES string of the molecule is O=C(CCc1c[nH]c2ccccc12)NCCCn1nc(C(F)(F)F)cc1C1CC1. The standard InChI is InChI=1S/C21H23F3N4O/c22-21(23,24)19-12-18(14-6-7-14)28(27-19)11-3-10-25-20(29)9-8-15-13-26-17-5-2-1-4-16(15)17/h1-2,4-5,12-14,26H,3,6-11H2,(H,25,29). The first-order valence-electron chi connectivity index (χ1n) is 9.88. The number of carbonyl (C=O) groups is 1. The van der Waals surface area contributed by atoms with Crippen molar-refractivity contribution in [1.82, 2.24) is 20.1 Å². The van der Waals surface area contributed by atoms with Crippen molar-refractivity contribution in [2.75, 3.05) is 6.54 Å². The molecular formula is C21H23F3N4O. The summed E-state index contributed by atoms with van der Waals surface area (Å²) < 4.78 is 40.2. The lowest BCUT2D eigenvalue weighted by Gasteiger charge is -2.08. The summed E-state index contributed by atoms with van der Waals surface area (Å²) in [6.45, 7) is 0.780. The van der Waals surface area contributed by atoms with E-state index >= 15 is 0 Å². The van der Waals surface area contributed by atoms with Gasteiger partial charge in [0.25, 0.3) is 0 Å². The van der Waals surface area contributed by atoms with Crippen LogP contribution < -0.4 is 5.32 Å². The zero-order chi connectivity index (χ0) is 20.4. The van der Waals surface area contributed by atoms with Gasteiger partial charge in [-0.25, -0.2) is 0 Å². The first-order valence-corrected chi connectivity index (χ1v) is 9.88. The summed E-state index contributed by atoms with van der Waals surface area (Å²) >= 11 is 0. The van der Waals surface area contributed by atoms with Gasteiger partial charge in [-0.3, -0.25) is 9.48 Å². The normalized spacial score (nSPS) is 14.4. The first kappa shape index (κ1) is 19.5. The van der Waals surface area contributed by atoms with Gasteiger partial charge in [-0.05, 0) is 43.4 Å². The number of benzene rings is 1. The molecule has 2 heterocycles. The second-order valence-corrected chi connectivity index (χ2v) is 7.51. The highest BCUT2D eigenvalue weighted by molar-refractivity contribution is 5.84. The van der Waals surface area contributed by atoms with Gasteiger partial charge in [0.15, 0.2) is 5.69 Å². The van der Waals surface area contributed by atoms with Gasteiger partial charge in [-0.2, -0.15) is 18.3 Å². The molecule has 0 radical (unpaired) electrons. The maximum Gasteiger partial charge on any atom is 0.435 e. The van der Waals surface area contributed by atoms with E-state index in [1.165, 1.54) is 4.68 Å². The largest absolute Gasteiger partial charge is 0.435 e. The summed E-state index contributed by atoms with van der Waals surface area (Å²) in [5, 5.41) is 7.70. The van der Waals surface area contributed by atoms with Gasteiger partial charge in [0.1, 0.15) is 0 Å². The number of amides is 1. The Bertz CT molecular complexity index is 1000. The summed E-state index contributed by atoms with van der Waals surface area (Å²) in [5.74, 6) is 0.124. The lowest BCUT2D eigenvalue weighted by molar-refractivity contribution is -0.141. The van der Waals surface area contributed by atoms with E-state index < -0.39 is 11.9 Å². The van der Waals surface area contributed by atoms with Gasteiger partial charge < -0.3 is 10.3 Å². The first-order chi connectivity index (χ1) is 13.9. The average molecular weight is 404 g/mol. The van der Waals surface area contributed by atoms with Crippen LogP contribution in [-0.2, 0) is 23.9 Å². The zero-order valence-corrected chi connectivity index (χ0v) is 15.9. The third-order valence-electron chi connectivity index (χ3n) is 5.26. The molecule has 1 fully saturated rings. The number of carbonyl (C=O) groups excluding carboxylic acids is 1. The minimum atomic E-state index is -4.43. The van der Waals surface area contributed by atoms with Crippen molar-refractivity contribution in [3.63, 3.8) is 0 Å². The van der Waals surface area contributed by atoms with Crippen molar-refractivity contribution in [1.29, 1.82) is 0 Å². The number of nitrogens with one attached hydrogen (secondary N) is 2. The number of nitrogens with zero attached hydrogens (tertiary/aromatic N) is 2. The van der Waals surface area contributed by atoms with Gasteiger partial charge in [0.05, 0.1) is 0 Å². The molecule has 2 N–H and O–H groups in total. The van der Waals surface area contributed by atoms with E-state index in [0.717, 1.165) is 35.4 Å². The van der Waals surface area contributed by atoms with Crippen LogP contribution in [-0.4, -0.2) is 27.2 Å². The van der Waals surface area contributed by atoms with Gasteiger partial charge in [0.2, 0.25) is 5.91 Å². The predicted octanol–water partition coefficient (Wildman–Crippen LogP) is 4.40. The van der Waals surface area contributed by atoms with Crippen LogP contribution in [0.15, 0.2) is 36.5 Å². The monoisotopic (exact) mass is 404 g/mol. The molecular weight excluding hydrogens is 381 g/mol. The van der Waals surface area contributed by atoms with E-state index in [4.69, 9.17) is 0 Å². The van der Waals surface area contributed by atoms with E-state index in [-0.39, 0.29) is 11.8 Å². The van der Waals surface area contributed by atoms with Gasteiger partial charge in [-0.1, -0.05) is 18.2 Å². The highest BCUT2D eigenvalue weighted by atomic mass is 19.4.